The number of halogens is 3. The number of alkyl halides is 3. The second-order valence-corrected chi connectivity index (χ2v) is 7.10. The third-order valence-corrected chi connectivity index (χ3v) is 5.33. The predicted octanol–water partition coefficient (Wildman–Crippen LogP) is 4.12. The lowest BCUT2D eigenvalue weighted by Crippen LogP contribution is -2.41. The molecule has 1 aliphatic heterocycles. The highest BCUT2D eigenvalue weighted by Gasteiger charge is 2.36. The van der Waals surface area contributed by atoms with E-state index in [1.807, 2.05) is 0 Å². The summed E-state index contributed by atoms with van der Waals surface area (Å²) in [5.74, 6) is 0.273. The van der Waals surface area contributed by atoms with Gasteiger partial charge in [-0.25, -0.2) is 0 Å². The number of likely N-dealkylation sites (tertiary alicyclic amines) is 1. The molecular formula is C19H25F3N2O. The monoisotopic (exact) mass is 354 g/mol. The van der Waals surface area contributed by atoms with Crippen LogP contribution in [0.15, 0.2) is 24.3 Å². The number of carbonyl (C=O) groups excluding carboxylic acids is 1. The molecule has 1 atom stereocenters. The average molecular weight is 354 g/mol. The highest BCUT2D eigenvalue weighted by Crippen LogP contribution is 2.32. The van der Waals surface area contributed by atoms with Gasteiger partial charge in [-0.1, -0.05) is 31.0 Å². The van der Waals surface area contributed by atoms with Crippen LogP contribution >= 0.6 is 0 Å². The molecule has 1 saturated heterocycles. The Balaban J connectivity index is 1.47. The fourth-order valence-electron chi connectivity index (χ4n) is 4.09. The minimum atomic E-state index is -4.30. The van der Waals surface area contributed by atoms with E-state index in [1.54, 1.807) is 6.07 Å². The molecule has 0 aromatic heterocycles. The third kappa shape index (κ3) is 4.54. The summed E-state index contributed by atoms with van der Waals surface area (Å²) in [6, 6.07) is 6.11. The van der Waals surface area contributed by atoms with Gasteiger partial charge in [0, 0.05) is 25.0 Å². The maximum atomic E-state index is 12.7. The van der Waals surface area contributed by atoms with E-state index < -0.39 is 11.7 Å². The molecule has 1 amide bonds. The maximum Gasteiger partial charge on any atom is 0.416 e. The van der Waals surface area contributed by atoms with E-state index in [0.29, 0.717) is 31.1 Å². The molecule has 3 rings (SSSR count). The largest absolute Gasteiger partial charge is 0.416 e. The minimum Gasteiger partial charge on any atom is -0.337 e. The van der Waals surface area contributed by atoms with Crippen molar-refractivity contribution in [3.05, 3.63) is 35.4 Å². The molecule has 1 heterocycles. The Morgan fingerprint density at radius 1 is 1.16 bits per heavy atom. The molecule has 1 aromatic rings. The van der Waals surface area contributed by atoms with Crippen molar-refractivity contribution in [1.29, 1.82) is 0 Å². The van der Waals surface area contributed by atoms with Crippen LogP contribution in [0.2, 0.25) is 0 Å². The van der Waals surface area contributed by atoms with Gasteiger partial charge in [0.1, 0.15) is 0 Å². The topological polar surface area (TPSA) is 32.3 Å². The summed E-state index contributed by atoms with van der Waals surface area (Å²) >= 11 is 0. The van der Waals surface area contributed by atoms with Crippen LogP contribution in [0.25, 0.3) is 0 Å². The zero-order valence-electron chi connectivity index (χ0n) is 14.3. The standard InChI is InChI=1S/C19H25F3N2O/c20-19(21,22)15-5-3-4-14(12-15)13-23-11-10-17-8-9-18(25)24(17)16-6-1-2-7-16/h3-5,12,16-17,23H,1-2,6-11,13H2/t17-/m0/s1. The SMILES string of the molecule is O=C1CC[C@@H](CCNCc2cccc(C(F)(F)F)c2)N1C1CCCC1. The molecule has 0 spiro atoms. The van der Waals surface area contributed by atoms with E-state index in [4.69, 9.17) is 0 Å². The second-order valence-electron chi connectivity index (χ2n) is 7.10. The Morgan fingerprint density at radius 2 is 1.92 bits per heavy atom. The Morgan fingerprint density at radius 3 is 2.64 bits per heavy atom. The molecule has 2 fully saturated rings. The normalized spacial score (nSPS) is 22.1. The van der Waals surface area contributed by atoms with Crippen molar-refractivity contribution in [2.75, 3.05) is 6.54 Å². The number of nitrogens with one attached hydrogen (secondary N) is 1. The van der Waals surface area contributed by atoms with Crippen LogP contribution in [0, 0.1) is 0 Å². The molecule has 0 bridgehead atoms. The van der Waals surface area contributed by atoms with Crippen LogP contribution in [0.3, 0.4) is 0 Å². The molecule has 1 N–H and O–H groups in total. The number of hydrogen-bond donors (Lipinski definition) is 1. The number of benzene rings is 1. The van der Waals surface area contributed by atoms with Crippen molar-refractivity contribution < 1.29 is 18.0 Å². The van der Waals surface area contributed by atoms with E-state index >= 15 is 0 Å². The molecule has 138 valence electrons. The molecule has 0 radical (unpaired) electrons. The van der Waals surface area contributed by atoms with E-state index in [-0.39, 0.29) is 11.9 Å². The zero-order chi connectivity index (χ0) is 17.9. The molecule has 0 unspecified atom stereocenters. The average Bonchev–Trinajstić information content (AvgIpc) is 3.20. The lowest BCUT2D eigenvalue weighted by molar-refractivity contribution is -0.137. The fraction of sp³-hybridized carbons (Fsp3) is 0.632. The van der Waals surface area contributed by atoms with Crippen LogP contribution in [-0.4, -0.2) is 29.4 Å². The van der Waals surface area contributed by atoms with Crippen molar-refractivity contribution in [1.82, 2.24) is 10.2 Å². The molecule has 1 saturated carbocycles. The van der Waals surface area contributed by atoms with E-state index in [1.165, 1.54) is 25.0 Å². The quantitative estimate of drug-likeness (QED) is 0.780. The predicted molar refractivity (Wildman–Crippen MR) is 89.9 cm³/mol. The highest BCUT2D eigenvalue weighted by molar-refractivity contribution is 5.79. The number of amides is 1. The lowest BCUT2D eigenvalue weighted by Gasteiger charge is -2.31. The summed E-state index contributed by atoms with van der Waals surface area (Å²) < 4.78 is 38.2. The molecule has 1 aliphatic carbocycles. The first kappa shape index (κ1) is 18.2. The molecule has 6 heteroatoms. The molecule has 25 heavy (non-hydrogen) atoms. The number of hydrogen-bond acceptors (Lipinski definition) is 2. The van der Waals surface area contributed by atoms with Crippen LogP contribution in [0.4, 0.5) is 13.2 Å². The van der Waals surface area contributed by atoms with Crippen LogP contribution in [0.1, 0.15) is 56.1 Å². The first-order valence-corrected chi connectivity index (χ1v) is 9.13. The van der Waals surface area contributed by atoms with Gasteiger partial charge >= 0.3 is 6.18 Å². The number of rotatable bonds is 6. The van der Waals surface area contributed by atoms with Crippen molar-refractivity contribution in [3.63, 3.8) is 0 Å². The second kappa shape index (κ2) is 7.77. The number of carbonyl (C=O) groups is 1. The van der Waals surface area contributed by atoms with Gasteiger partial charge in [-0.2, -0.15) is 13.2 Å². The Bertz CT molecular complexity index is 597. The summed E-state index contributed by atoms with van der Waals surface area (Å²) in [5.41, 5.74) is 0.0190. The fourth-order valence-corrected chi connectivity index (χ4v) is 4.09. The van der Waals surface area contributed by atoms with Crippen LogP contribution in [0.5, 0.6) is 0 Å². The Hall–Kier alpha value is -1.56. The summed E-state index contributed by atoms with van der Waals surface area (Å²) in [6.07, 6.45) is 2.72. The maximum absolute atomic E-state index is 12.7. The van der Waals surface area contributed by atoms with E-state index in [2.05, 4.69) is 10.2 Å². The van der Waals surface area contributed by atoms with Crippen molar-refractivity contribution >= 4 is 5.91 Å². The van der Waals surface area contributed by atoms with Crippen molar-refractivity contribution in [2.45, 2.75) is 69.8 Å². The summed E-state index contributed by atoms with van der Waals surface area (Å²) in [5, 5.41) is 3.23. The molecule has 3 nitrogen and oxygen atoms in total. The zero-order valence-corrected chi connectivity index (χ0v) is 14.3. The molecule has 1 aromatic carbocycles. The van der Waals surface area contributed by atoms with Gasteiger partial charge in [-0.3, -0.25) is 4.79 Å². The summed E-state index contributed by atoms with van der Waals surface area (Å²) in [4.78, 5) is 14.3. The van der Waals surface area contributed by atoms with Gasteiger partial charge in [0.25, 0.3) is 0 Å². The van der Waals surface area contributed by atoms with Gasteiger partial charge in [0.2, 0.25) is 5.91 Å². The van der Waals surface area contributed by atoms with Crippen LogP contribution < -0.4 is 5.32 Å². The summed E-state index contributed by atoms with van der Waals surface area (Å²) in [7, 11) is 0. The highest BCUT2D eigenvalue weighted by atomic mass is 19.4. The minimum absolute atomic E-state index is 0.273. The smallest absolute Gasteiger partial charge is 0.337 e. The molecule has 2 aliphatic rings. The van der Waals surface area contributed by atoms with Gasteiger partial charge in [0.15, 0.2) is 0 Å². The first-order chi connectivity index (χ1) is 11.9. The van der Waals surface area contributed by atoms with Gasteiger partial charge in [-0.15, -0.1) is 0 Å². The van der Waals surface area contributed by atoms with E-state index in [0.717, 1.165) is 31.7 Å². The Kier molecular flexibility index (Phi) is 5.67. The molecular weight excluding hydrogens is 329 g/mol. The Labute approximate surface area is 146 Å². The lowest BCUT2D eigenvalue weighted by atomic mass is 10.1. The van der Waals surface area contributed by atoms with Gasteiger partial charge in [0.05, 0.1) is 5.56 Å². The van der Waals surface area contributed by atoms with Crippen molar-refractivity contribution in [2.24, 2.45) is 0 Å². The van der Waals surface area contributed by atoms with Crippen LogP contribution in [-0.2, 0) is 17.5 Å². The number of nitrogens with zero attached hydrogens (tertiary/aromatic N) is 1. The van der Waals surface area contributed by atoms with Gasteiger partial charge in [-0.05, 0) is 43.9 Å². The van der Waals surface area contributed by atoms with Gasteiger partial charge < -0.3 is 10.2 Å². The third-order valence-electron chi connectivity index (χ3n) is 5.33. The first-order valence-electron chi connectivity index (χ1n) is 9.13. The van der Waals surface area contributed by atoms with E-state index in [9.17, 15) is 18.0 Å². The summed E-state index contributed by atoms with van der Waals surface area (Å²) in [6.45, 7) is 1.12. The van der Waals surface area contributed by atoms with Crippen molar-refractivity contribution in [3.8, 4) is 0 Å².